The lowest BCUT2D eigenvalue weighted by molar-refractivity contribution is -0.150. The third-order valence-corrected chi connectivity index (χ3v) is 7.97. The van der Waals surface area contributed by atoms with Crippen LogP contribution in [0.25, 0.3) is 11.0 Å². The minimum Gasteiger partial charge on any atom is -0.481 e. The fraction of sp³-hybridized carbons (Fsp3) is 0.444. The second-order valence-electron chi connectivity index (χ2n) is 10.3. The number of carbonyl (C=O) groups excluding carboxylic acids is 1. The van der Waals surface area contributed by atoms with Gasteiger partial charge in [-0.3, -0.25) is 9.59 Å². The molecule has 190 valence electrons. The first-order valence-corrected chi connectivity index (χ1v) is 12.3. The van der Waals surface area contributed by atoms with Crippen molar-refractivity contribution in [3.63, 3.8) is 0 Å². The van der Waals surface area contributed by atoms with Gasteiger partial charge in [0.15, 0.2) is 11.6 Å². The molecule has 1 N–H and O–H groups in total. The van der Waals surface area contributed by atoms with E-state index in [1.54, 1.807) is 22.6 Å². The van der Waals surface area contributed by atoms with Gasteiger partial charge in [-0.1, -0.05) is 0 Å². The zero-order valence-corrected chi connectivity index (χ0v) is 20.1. The first kappa shape index (κ1) is 24.3. The fourth-order valence-electron chi connectivity index (χ4n) is 5.61. The predicted octanol–water partition coefficient (Wildman–Crippen LogP) is 5.06. The minimum atomic E-state index is -1.24. The molecule has 0 saturated heterocycles. The molecule has 3 aromatic rings. The van der Waals surface area contributed by atoms with Crippen LogP contribution in [0.4, 0.5) is 13.2 Å². The summed E-state index contributed by atoms with van der Waals surface area (Å²) in [6.45, 7) is 2.58. The van der Waals surface area contributed by atoms with Crippen LogP contribution in [0.1, 0.15) is 55.8 Å². The summed E-state index contributed by atoms with van der Waals surface area (Å²) in [6, 6.07) is 5.16. The highest BCUT2D eigenvalue weighted by Gasteiger charge is 2.38. The molecule has 36 heavy (non-hydrogen) atoms. The molecule has 5 rings (SSSR count). The number of hydrogen-bond donors (Lipinski definition) is 1. The van der Waals surface area contributed by atoms with Crippen LogP contribution in [0.15, 0.2) is 30.5 Å². The summed E-state index contributed by atoms with van der Waals surface area (Å²) in [5, 5.41) is 10.4. The Morgan fingerprint density at radius 2 is 1.86 bits per heavy atom. The van der Waals surface area contributed by atoms with E-state index < -0.39 is 28.8 Å². The Kier molecular flexibility index (Phi) is 6.26. The normalized spacial score (nSPS) is 22.0. The molecule has 6 nitrogen and oxygen atoms in total. The molecule has 0 radical (unpaired) electrons. The van der Waals surface area contributed by atoms with Crippen molar-refractivity contribution >= 4 is 22.9 Å². The number of pyridine rings is 1. The highest BCUT2D eigenvalue weighted by Crippen LogP contribution is 2.40. The molecule has 2 aromatic heterocycles. The number of amides is 1. The lowest BCUT2D eigenvalue weighted by Gasteiger charge is -2.35. The number of aliphatic carboxylic acids is 1. The summed E-state index contributed by atoms with van der Waals surface area (Å²) < 4.78 is 43.6. The monoisotopic (exact) mass is 499 g/mol. The first-order chi connectivity index (χ1) is 17.2. The Bertz CT molecular complexity index is 1350. The van der Waals surface area contributed by atoms with E-state index in [0.29, 0.717) is 63.3 Å². The third-order valence-electron chi connectivity index (χ3n) is 7.97. The number of carbonyl (C=O) groups is 2. The van der Waals surface area contributed by atoms with Gasteiger partial charge in [0.1, 0.15) is 11.5 Å². The van der Waals surface area contributed by atoms with Gasteiger partial charge in [0.2, 0.25) is 5.91 Å². The van der Waals surface area contributed by atoms with E-state index in [1.807, 2.05) is 12.1 Å². The number of halogens is 3. The quantitative estimate of drug-likeness (QED) is 0.498. The molecule has 0 bridgehead atoms. The van der Waals surface area contributed by atoms with E-state index in [0.717, 1.165) is 22.7 Å². The van der Waals surface area contributed by atoms with Crippen molar-refractivity contribution in [2.24, 2.45) is 11.3 Å². The molecule has 1 aliphatic carbocycles. The molecule has 0 spiro atoms. The van der Waals surface area contributed by atoms with E-state index in [1.165, 1.54) is 0 Å². The van der Waals surface area contributed by atoms with Gasteiger partial charge >= 0.3 is 5.97 Å². The van der Waals surface area contributed by atoms with E-state index in [4.69, 9.17) is 0 Å². The van der Waals surface area contributed by atoms with Crippen LogP contribution in [0.5, 0.6) is 0 Å². The van der Waals surface area contributed by atoms with Gasteiger partial charge in [0, 0.05) is 41.9 Å². The number of nitrogens with zero attached hydrogens (tertiary/aromatic N) is 3. The van der Waals surface area contributed by atoms with Crippen molar-refractivity contribution in [2.45, 2.75) is 58.5 Å². The number of aromatic nitrogens is 2. The van der Waals surface area contributed by atoms with Crippen molar-refractivity contribution in [1.82, 2.24) is 14.5 Å². The van der Waals surface area contributed by atoms with Gasteiger partial charge in [-0.15, -0.1) is 0 Å². The van der Waals surface area contributed by atoms with Crippen LogP contribution in [0.2, 0.25) is 0 Å². The van der Waals surface area contributed by atoms with Crippen molar-refractivity contribution in [3.05, 3.63) is 64.7 Å². The van der Waals surface area contributed by atoms with Crippen molar-refractivity contribution in [1.29, 1.82) is 0 Å². The maximum absolute atomic E-state index is 14.5. The first-order valence-electron chi connectivity index (χ1n) is 12.3. The second-order valence-corrected chi connectivity index (χ2v) is 10.3. The molecular formula is C27H28F3N3O3. The maximum atomic E-state index is 14.5. The SMILES string of the molecule is C[C@]1(C(=O)O)CC[C@@H](CC(=O)N2CCc3c(n(Cc4cc(F)c(F)cc4F)c4ncccc34)C2)CC1. The van der Waals surface area contributed by atoms with Crippen LogP contribution in [0, 0.1) is 28.8 Å². The number of benzene rings is 1. The summed E-state index contributed by atoms with van der Waals surface area (Å²) in [6.07, 6.45) is 5.12. The molecule has 3 heterocycles. The highest BCUT2D eigenvalue weighted by atomic mass is 19.2. The predicted molar refractivity (Wildman–Crippen MR) is 127 cm³/mol. The summed E-state index contributed by atoms with van der Waals surface area (Å²) >= 11 is 0. The molecule has 9 heteroatoms. The number of carboxylic acid groups (broad SMARTS) is 1. The largest absolute Gasteiger partial charge is 0.481 e. The highest BCUT2D eigenvalue weighted by molar-refractivity contribution is 5.84. The maximum Gasteiger partial charge on any atom is 0.309 e. The second kappa shape index (κ2) is 9.26. The molecule has 0 atom stereocenters. The molecule has 1 aliphatic heterocycles. The Labute approximate surface area is 206 Å². The standard InChI is InChI=1S/C27H28F3N3O3/c1-27(26(35)36)7-4-16(5-8-27)11-24(34)32-10-6-18-19-3-2-9-31-25(19)33(23(18)15-32)14-17-12-21(29)22(30)13-20(17)28/h2-3,9,12-13,16H,4-8,10-11,14-15H2,1H3,(H,35,36)/t16-,27+. The van der Waals surface area contributed by atoms with Gasteiger partial charge in [0.25, 0.3) is 0 Å². The number of hydrogen-bond acceptors (Lipinski definition) is 3. The van der Waals surface area contributed by atoms with E-state index >= 15 is 0 Å². The Morgan fingerprint density at radius 1 is 1.14 bits per heavy atom. The lowest BCUT2D eigenvalue weighted by atomic mass is 9.71. The molecule has 2 aliphatic rings. The average molecular weight is 500 g/mol. The van der Waals surface area contributed by atoms with Gasteiger partial charge < -0.3 is 14.6 Å². The number of carboxylic acids is 1. The summed E-state index contributed by atoms with van der Waals surface area (Å²) in [7, 11) is 0. The van der Waals surface area contributed by atoms with E-state index in [2.05, 4.69) is 4.98 Å². The number of fused-ring (bicyclic) bond motifs is 3. The Hall–Kier alpha value is -3.36. The number of rotatable bonds is 5. The third kappa shape index (κ3) is 4.35. The fourth-order valence-corrected chi connectivity index (χ4v) is 5.61. The zero-order chi connectivity index (χ0) is 25.6. The van der Waals surface area contributed by atoms with E-state index in [-0.39, 0.29) is 23.9 Å². The lowest BCUT2D eigenvalue weighted by Crippen LogP contribution is -2.39. The summed E-state index contributed by atoms with van der Waals surface area (Å²) in [5.74, 6) is -3.82. The van der Waals surface area contributed by atoms with Gasteiger partial charge in [-0.2, -0.15) is 0 Å². The molecule has 1 saturated carbocycles. The van der Waals surface area contributed by atoms with Crippen LogP contribution in [-0.2, 0) is 29.1 Å². The molecule has 0 unspecified atom stereocenters. The van der Waals surface area contributed by atoms with Crippen molar-refractivity contribution in [3.8, 4) is 0 Å². The summed E-state index contributed by atoms with van der Waals surface area (Å²) in [5.41, 5.74) is 1.74. The van der Waals surface area contributed by atoms with Gasteiger partial charge in [0.05, 0.1) is 18.5 Å². The topological polar surface area (TPSA) is 75.4 Å². The molecule has 1 aromatic carbocycles. The average Bonchev–Trinajstić information content (AvgIpc) is 3.17. The zero-order valence-electron chi connectivity index (χ0n) is 20.1. The summed E-state index contributed by atoms with van der Waals surface area (Å²) in [4.78, 5) is 31.0. The van der Waals surface area contributed by atoms with Crippen molar-refractivity contribution in [2.75, 3.05) is 6.54 Å². The van der Waals surface area contributed by atoms with Crippen LogP contribution >= 0.6 is 0 Å². The Morgan fingerprint density at radius 3 is 2.58 bits per heavy atom. The minimum absolute atomic E-state index is 0.00591. The van der Waals surface area contributed by atoms with Gasteiger partial charge in [-0.05, 0) is 68.7 Å². The van der Waals surface area contributed by atoms with Crippen molar-refractivity contribution < 1.29 is 27.9 Å². The van der Waals surface area contributed by atoms with Crippen LogP contribution in [0.3, 0.4) is 0 Å². The molecule has 1 amide bonds. The smallest absolute Gasteiger partial charge is 0.309 e. The van der Waals surface area contributed by atoms with Gasteiger partial charge in [-0.25, -0.2) is 18.2 Å². The van der Waals surface area contributed by atoms with Crippen LogP contribution < -0.4 is 0 Å². The van der Waals surface area contributed by atoms with Crippen LogP contribution in [-0.4, -0.2) is 38.0 Å². The van der Waals surface area contributed by atoms with E-state index in [9.17, 15) is 27.9 Å². The Balaban J connectivity index is 1.38. The molecule has 1 fully saturated rings. The molecular weight excluding hydrogens is 471 g/mol.